The van der Waals surface area contributed by atoms with Gasteiger partial charge >= 0.3 is 11.9 Å². The molecule has 0 aliphatic heterocycles. The second-order valence-electron chi connectivity index (χ2n) is 3.02. The fourth-order valence-electron chi connectivity index (χ4n) is 1.05. The number of rotatable bonds is 3. The number of hydrogen-bond donors (Lipinski definition) is 3. The summed E-state index contributed by atoms with van der Waals surface area (Å²) < 4.78 is 0. The van der Waals surface area contributed by atoms with Crippen molar-refractivity contribution < 1.29 is 19.5 Å². The van der Waals surface area contributed by atoms with Crippen molar-refractivity contribution in [2.24, 2.45) is 0 Å². The van der Waals surface area contributed by atoms with Crippen LogP contribution in [0.4, 0.5) is 11.4 Å². The second kappa shape index (κ2) is 5.86. The van der Waals surface area contributed by atoms with Crippen molar-refractivity contribution in [1.29, 1.82) is 0 Å². The molecule has 6 nitrogen and oxygen atoms in total. The Morgan fingerprint density at radius 1 is 1.18 bits per heavy atom. The number of carboxylic acid groups (broad SMARTS) is 1. The lowest BCUT2D eigenvalue weighted by Gasteiger charge is -2.06. The maximum atomic E-state index is 11.0. The van der Waals surface area contributed by atoms with Crippen LogP contribution < -0.4 is 10.6 Å². The molecule has 0 bridgehead atoms. The fourth-order valence-corrected chi connectivity index (χ4v) is 1.12. The maximum absolute atomic E-state index is 11.0. The van der Waals surface area contributed by atoms with Gasteiger partial charge in [-0.1, -0.05) is 6.07 Å². The van der Waals surface area contributed by atoms with Gasteiger partial charge in [0, 0.05) is 11.4 Å². The van der Waals surface area contributed by atoms with Crippen molar-refractivity contribution in [2.75, 3.05) is 16.5 Å². The highest BCUT2D eigenvalue weighted by Crippen LogP contribution is 2.14. The van der Waals surface area contributed by atoms with Gasteiger partial charge in [0.25, 0.3) is 0 Å². The van der Waals surface area contributed by atoms with E-state index in [0.717, 1.165) is 0 Å². The molecule has 90 valence electrons. The number of aliphatic carboxylic acids is 1. The molecule has 1 rings (SSSR count). The number of alkyl halides is 1. The molecule has 0 atom stereocenters. The molecule has 1 aromatic rings. The molecule has 0 aliphatic carbocycles. The lowest BCUT2D eigenvalue weighted by molar-refractivity contribution is -0.147. The summed E-state index contributed by atoms with van der Waals surface area (Å²) in [6.45, 7) is 0. The second-order valence-corrected chi connectivity index (χ2v) is 3.29. The molecule has 0 unspecified atom stereocenters. The average Bonchev–Trinajstić information content (AvgIpc) is 2.29. The number of amides is 2. The Labute approximate surface area is 102 Å². The highest BCUT2D eigenvalue weighted by molar-refractivity contribution is 6.36. The van der Waals surface area contributed by atoms with E-state index >= 15 is 0 Å². The van der Waals surface area contributed by atoms with E-state index in [-0.39, 0.29) is 11.6 Å². The van der Waals surface area contributed by atoms with Crippen LogP contribution in [-0.4, -0.2) is 28.8 Å². The Morgan fingerprint density at radius 2 is 1.76 bits per heavy atom. The predicted octanol–water partition coefficient (Wildman–Crippen LogP) is 0.887. The van der Waals surface area contributed by atoms with Crippen LogP contribution in [0.1, 0.15) is 0 Å². The lowest BCUT2D eigenvalue weighted by Crippen LogP contribution is -2.22. The SMILES string of the molecule is O=C(CCl)Nc1cccc(NC(=O)C(=O)O)c1. The van der Waals surface area contributed by atoms with Crippen molar-refractivity contribution in [1.82, 2.24) is 0 Å². The number of carboxylic acids is 1. The Hall–Kier alpha value is -2.08. The number of halogens is 1. The van der Waals surface area contributed by atoms with E-state index in [9.17, 15) is 14.4 Å². The van der Waals surface area contributed by atoms with E-state index in [1.54, 1.807) is 12.1 Å². The van der Waals surface area contributed by atoms with Gasteiger partial charge in [0.05, 0.1) is 0 Å². The summed E-state index contributed by atoms with van der Waals surface area (Å²) in [7, 11) is 0. The minimum Gasteiger partial charge on any atom is -0.474 e. The summed E-state index contributed by atoms with van der Waals surface area (Å²) in [6, 6.07) is 6.06. The van der Waals surface area contributed by atoms with Gasteiger partial charge in [-0.05, 0) is 18.2 Å². The topological polar surface area (TPSA) is 95.5 Å². The molecule has 0 aromatic heterocycles. The predicted molar refractivity (Wildman–Crippen MR) is 62.1 cm³/mol. The molecular weight excluding hydrogens is 248 g/mol. The maximum Gasteiger partial charge on any atom is 0.394 e. The van der Waals surface area contributed by atoms with E-state index in [4.69, 9.17) is 16.7 Å². The summed E-state index contributed by atoms with van der Waals surface area (Å²) in [5.41, 5.74) is 0.684. The van der Waals surface area contributed by atoms with E-state index in [1.165, 1.54) is 12.1 Å². The fraction of sp³-hybridized carbons (Fsp3) is 0.100. The van der Waals surface area contributed by atoms with E-state index in [0.29, 0.717) is 5.69 Å². The van der Waals surface area contributed by atoms with Crippen molar-refractivity contribution >= 4 is 40.8 Å². The van der Waals surface area contributed by atoms with Crippen LogP contribution in [0.3, 0.4) is 0 Å². The molecule has 0 fully saturated rings. The molecule has 0 radical (unpaired) electrons. The summed E-state index contributed by atoms with van der Waals surface area (Å²) in [5.74, 6) is -3.31. The first-order valence-corrected chi connectivity index (χ1v) is 5.06. The molecule has 2 amide bonds. The molecular formula is C10H9ClN2O4. The highest BCUT2D eigenvalue weighted by Gasteiger charge is 2.11. The molecule has 17 heavy (non-hydrogen) atoms. The Morgan fingerprint density at radius 3 is 2.29 bits per heavy atom. The third-order valence-corrected chi connectivity index (χ3v) is 1.96. The van der Waals surface area contributed by atoms with Gasteiger partial charge in [0.1, 0.15) is 5.88 Å². The number of hydrogen-bond acceptors (Lipinski definition) is 3. The van der Waals surface area contributed by atoms with Crippen molar-refractivity contribution in [3.63, 3.8) is 0 Å². The van der Waals surface area contributed by atoms with Gasteiger partial charge in [-0.25, -0.2) is 4.79 Å². The van der Waals surface area contributed by atoms with Crippen LogP contribution in [0.5, 0.6) is 0 Å². The van der Waals surface area contributed by atoms with Gasteiger partial charge in [0.15, 0.2) is 0 Å². The summed E-state index contributed by atoms with van der Waals surface area (Å²) in [6.07, 6.45) is 0. The van der Waals surface area contributed by atoms with Gasteiger partial charge in [0.2, 0.25) is 5.91 Å². The van der Waals surface area contributed by atoms with Crippen LogP contribution in [0, 0.1) is 0 Å². The zero-order valence-corrected chi connectivity index (χ0v) is 9.32. The summed E-state index contributed by atoms with van der Waals surface area (Å²) in [5, 5.41) is 13.0. The first-order chi connectivity index (χ1) is 8.02. The van der Waals surface area contributed by atoms with Gasteiger partial charge in [-0.15, -0.1) is 11.6 Å². The third kappa shape index (κ3) is 4.12. The number of carbonyl (C=O) groups excluding carboxylic acids is 2. The zero-order valence-electron chi connectivity index (χ0n) is 8.57. The Kier molecular flexibility index (Phi) is 4.47. The molecule has 0 spiro atoms. The molecule has 3 N–H and O–H groups in total. The first-order valence-electron chi connectivity index (χ1n) is 4.53. The Bertz CT molecular complexity index is 461. The van der Waals surface area contributed by atoms with Gasteiger partial charge in [-0.3, -0.25) is 9.59 Å². The lowest BCUT2D eigenvalue weighted by atomic mass is 10.2. The van der Waals surface area contributed by atoms with Crippen molar-refractivity contribution in [3.05, 3.63) is 24.3 Å². The molecule has 1 aromatic carbocycles. The van der Waals surface area contributed by atoms with Crippen molar-refractivity contribution in [2.45, 2.75) is 0 Å². The van der Waals surface area contributed by atoms with E-state index < -0.39 is 17.8 Å². The molecule has 0 saturated heterocycles. The third-order valence-electron chi connectivity index (χ3n) is 1.72. The highest BCUT2D eigenvalue weighted by atomic mass is 35.5. The molecule has 0 saturated carbocycles. The minimum absolute atomic E-state index is 0.189. The van der Waals surface area contributed by atoms with E-state index in [1.807, 2.05) is 0 Å². The van der Waals surface area contributed by atoms with Gasteiger partial charge < -0.3 is 15.7 Å². The van der Waals surface area contributed by atoms with Crippen LogP contribution in [-0.2, 0) is 14.4 Å². The monoisotopic (exact) mass is 256 g/mol. The number of nitrogens with one attached hydrogen (secondary N) is 2. The number of carbonyl (C=O) groups is 3. The zero-order chi connectivity index (χ0) is 12.8. The largest absolute Gasteiger partial charge is 0.474 e. The smallest absolute Gasteiger partial charge is 0.394 e. The standard InChI is InChI=1S/C10H9ClN2O4/c11-5-8(14)12-6-2-1-3-7(4-6)13-9(15)10(16)17/h1-4H,5H2,(H,12,14)(H,13,15)(H,16,17). The minimum atomic E-state index is -1.58. The summed E-state index contributed by atoms with van der Waals surface area (Å²) in [4.78, 5) is 32.2. The first kappa shape index (κ1) is 13.0. The number of benzene rings is 1. The van der Waals surface area contributed by atoms with Crippen molar-refractivity contribution in [3.8, 4) is 0 Å². The molecule has 0 aliphatic rings. The Balaban J connectivity index is 2.75. The van der Waals surface area contributed by atoms with Crippen LogP contribution in [0.25, 0.3) is 0 Å². The molecule has 0 heterocycles. The van der Waals surface area contributed by atoms with Gasteiger partial charge in [-0.2, -0.15) is 0 Å². The normalized spacial score (nSPS) is 9.47. The summed E-state index contributed by atoms with van der Waals surface area (Å²) >= 11 is 5.31. The quantitative estimate of drug-likeness (QED) is 0.553. The van der Waals surface area contributed by atoms with Crippen LogP contribution in [0.2, 0.25) is 0 Å². The number of anilines is 2. The van der Waals surface area contributed by atoms with E-state index in [2.05, 4.69) is 10.6 Å². The van der Waals surface area contributed by atoms with Crippen LogP contribution in [0.15, 0.2) is 24.3 Å². The van der Waals surface area contributed by atoms with Crippen LogP contribution >= 0.6 is 11.6 Å². The molecule has 7 heteroatoms. The average molecular weight is 257 g/mol.